The van der Waals surface area contributed by atoms with E-state index in [2.05, 4.69) is 22.5 Å². The van der Waals surface area contributed by atoms with E-state index >= 15 is 0 Å². The molecule has 5 nitrogen and oxygen atoms in total. The minimum atomic E-state index is 0.112. The zero-order valence-electron chi connectivity index (χ0n) is 15.9. The first-order valence-electron chi connectivity index (χ1n) is 9.70. The van der Waals surface area contributed by atoms with E-state index < -0.39 is 0 Å². The maximum atomic E-state index is 12.2. The highest BCUT2D eigenvalue weighted by molar-refractivity contribution is 7.80. The van der Waals surface area contributed by atoms with E-state index in [0.29, 0.717) is 6.61 Å². The van der Waals surface area contributed by atoms with Crippen LogP contribution in [0.3, 0.4) is 0 Å². The molecular weight excluding hydrogens is 346 g/mol. The molecule has 2 N–H and O–H groups in total. The largest absolute Gasteiger partial charge is 0.494 e. The lowest BCUT2D eigenvalue weighted by Crippen LogP contribution is -2.44. The molecule has 0 atom stereocenters. The van der Waals surface area contributed by atoms with Crippen molar-refractivity contribution in [3.05, 3.63) is 24.3 Å². The number of carbonyl (C=O) groups excluding carboxylic acids is 1. The van der Waals surface area contributed by atoms with Gasteiger partial charge in [-0.3, -0.25) is 4.79 Å². The highest BCUT2D eigenvalue weighted by atomic mass is 32.1. The maximum absolute atomic E-state index is 12.2. The van der Waals surface area contributed by atoms with Crippen LogP contribution in [-0.4, -0.2) is 42.2 Å². The molecule has 0 aliphatic carbocycles. The van der Waals surface area contributed by atoms with Crippen molar-refractivity contribution >= 4 is 28.9 Å². The van der Waals surface area contributed by atoms with Gasteiger partial charge in [-0.1, -0.05) is 19.8 Å². The minimum Gasteiger partial charge on any atom is -0.494 e. The second-order valence-corrected chi connectivity index (χ2v) is 7.03. The van der Waals surface area contributed by atoms with Crippen LogP contribution < -0.4 is 15.4 Å². The summed E-state index contributed by atoms with van der Waals surface area (Å²) < 4.78 is 5.45. The average Bonchev–Trinajstić information content (AvgIpc) is 2.67. The molecule has 1 saturated heterocycles. The first kappa shape index (κ1) is 20.5. The third-order valence-corrected chi connectivity index (χ3v) is 5.01. The van der Waals surface area contributed by atoms with Crippen LogP contribution in [0, 0.1) is 5.92 Å². The molecule has 1 aliphatic rings. The van der Waals surface area contributed by atoms with Gasteiger partial charge in [-0.2, -0.15) is 0 Å². The van der Waals surface area contributed by atoms with Crippen LogP contribution in [0.5, 0.6) is 5.75 Å². The Hall–Kier alpha value is -1.82. The lowest BCUT2D eigenvalue weighted by Gasteiger charge is -2.33. The Labute approximate surface area is 162 Å². The Morgan fingerprint density at radius 3 is 2.50 bits per heavy atom. The number of unbranched alkanes of at least 4 members (excludes halogenated alkanes) is 2. The molecule has 0 bridgehead atoms. The first-order valence-corrected chi connectivity index (χ1v) is 10.1. The van der Waals surface area contributed by atoms with Gasteiger partial charge in [0, 0.05) is 31.2 Å². The predicted molar refractivity (Wildman–Crippen MR) is 111 cm³/mol. The van der Waals surface area contributed by atoms with Gasteiger partial charge >= 0.3 is 0 Å². The minimum absolute atomic E-state index is 0.112. The summed E-state index contributed by atoms with van der Waals surface area (Å²) in [4.78, 5) is 14.4. The third kappa shape index (κ3) is 6.48. The third-order valence-electron chi connectivity index (χ3n) is 4.65. The number of rotatable bonds is 8. The second kappa shape index (κ2) is 11.0. The van der Waals surface area contributed by atoms with Gasteiger partial charge in [-0.15, -0.1) is 0 Å². The van der Waals surface area contributed by atoms with Crippen LogP contribution in [0.4, 0.5) is 5.69 Å². The SMILES string of the molecule is CCCCCNC(=O)C1CCN(C(=S)Nc2ccc(OCC)cc2)CC1. The lowest BCUT2D eigenvalue weighted by atomic mass is 9.96. The Morgan fingerprint density at radius 1 is 1.19 bits per heavy atom. The highest BCUT2D eigenvalue weighted by Gasteiger charge is 2.25. The zero-order chi connectivity index (χ0) is 18.8. The van der Waals surface area contributed by atoms with E-state index in [-0.39, 0.29) is 11.8 Å². The van der Waals surface area contributed by atoms with Crippen LogP contribution in [-0.2, 0) is 4.79 Å². The average molecular weight is 378 g/mol. The van der Waals surface area contributed by atoms with Crippen molar-refractivity contribution in [2.75, 3.05) is 31.6 Å². The van der Waals surface area contributed by atoms with Crippen LogP contribution in [0.15, 0.2) is 24.3 Å². The van der Waals surface area contributed by atoms with Crippen LogP contribution in [0.25, 0.3) is 0 Å². The normalized spacial score (nSPS) is 14.8. The number of benzene rings is 1. The summed E-state index contributed by atoms with van der Waals surface area (Å²) in [7, 11) is 0. The van der Waals surface area contributed by atoms with Gasteiger partial charge in [0.05, 0.1) is 6.61 Å². The van der Waals surface area contributed by atoms with Crippen LogP contribution in [0.1, 0.15) is 46.0 Å². The summed E-state index contributed by atoms with van der Waals surface area (Å²) in [5.74, 6) is 1.17. The monoisotopic (exact) mass is 377 g/mol. The van der Waals surface area contributed by atoms with E-state index in [1.165, 1.54) is 12.8 Å². The Kier molecular flexibility index (Phi) is 8.68. The number of thiocarbonyl (C=S) groups is 1. The van der Waals surface area contributed by atoms with Gasteiger partial charge in [0.1, 0.15) is 5.75 Å². The molecule has 1 fully saturated rings. The van der Waals surface area contributed by atoms with Crippen molar-refractivity contribution in [2.24, 2.45) is 5.92 Å². The lowest BCUT2D eigenvalue weighted by molar-refractivity contribution is -0.126. The second-order valence-electron chi connectivity index (χ2n) is 6.65. The smallest absolute Gasteiger partial charge is 0.223 e. The molecule has 2 rings (SSSR count). The van der Waals surface area contributed by atoms with Crippen molar-refractivity contribution in [3.8, 4) is 5.75 Å². The van der Waals surface area contributed by atoms with Crippen molar-refractivity contribution in [1.82, 2.24) is 10.2 Å². The van der Waals surface area contributed by atoms with E-state index in [1.54, 1.807) is 0 Å². The van der Waals surface area contributed by atoms with Gasteiger partial charge < -0.3 is 20.3 Å². The molecule has 6 heteroatoms. The highest BCUT2D eigenvalue weighted by Crippen LogP contribution is 2.20. The molecule has 0 saturated carbocycles. The van der Waals surface area contributed by atoms with Crippen molar-refractivity contribution < 1.29 is 9.53 Å². The molecule has 0 spiro atoms. The van der Waals surface area contributed by atoms with E-state index in [1.807, 2.05) is 31.2 Å². The van der Waals surface area contributed by atoms with E-state index in [4.69, 9.17) is 17.0 Å². The van der Waals surface area contributed by atoms with Crippen molar-refractivity contribution in [3.63, 3.8) is 0 Å². The van der Waals surface area contributed by atoms with Gasteiger partial charge in [-0.25, -0.2) is 0 Å². The fourth-order valence-corrected chi connectivity index (χ4v) is 3.38. The first-order chi connectivity index (χ1) is 12.6. The standard InChI is InChI=1S/C20H31N3O2S/c1-3-5-6-13-21-19(24)16-11-14-23(15-12-16)20(26)22-17-7-9-18(10-8-17)25-4-2/h7-10,16H,3-6,11-15H2,1-2H3,(H,21,24)(H,22,26). The number of hydrogen-bond acceptors (Lipinski definition) is 3. The summed E-state index contributed by atoms with van der Waals surface area (Å²) in [6.07, 6.45) is 5.11. The molecule has 26 heavy (non-hydrogen) atoms. The number of amides is 1. The van der Waals surface area contributed by atoms with Gasteiger partial charge in [0.25, 0.3) is 0 Å². The number of anilines is 1. The number of ether oxygens (including phenoxy) is 1. The van der Waals surface area contributed by atoms with Crippen molar-refractivity contribution in [1.29, 1.82) is 0 Å². The number of hydrogen-bond donors (Lipinski definition) is 2. The molecule has 1 heterocycles. The molecule has 144 valence electrons. The molecule has 1 amide bonds. The number of nitrogens with one attached hydrogen (secondary N) is 2. The van der Waals surface area contributed by atoms with Crippen molar-refractivity contribution in [2.45, 2.75) is 46.0 Å². The zero-order valence-corrected chi connectivity index (χ0v) is 16.7. The fraction of sp³-hybridized carbons (Fsp3) is 0.600. The fourth-order valence-electron chi connectivity index (χ4n) is 3.08. The molecule has 1 aromatic carbocycles. The summed E-state index contributed by atoms with van der Waals surface area (Å²) in [6.45, 7) is 7.22. The Balaban J connectivity index is 1.72. The summed E-state index contributed by atoms with van der Waals surface area (Å²) in [5, 5.41) is 7.06. The van der Waals surface area contributed by atoms with Gasteiger partial charge in [-0.05, 0) is 62.7 Å². The Bertz CT molecular complexity index is 569. The molecular formula is C20H31N3O2S. The van der Waals surface area contributed by atoms with E-state index in [9.17, 15) is 4.79 Å². The van der Waals surface area contributed by atoms with Gasteiger partial charge in [0.2, 0.25) is 5.91 Å². The van der Waals surface area contributed by atoms with Crippen LogP contribution >= 0.6 is 12.2 Å². The van der Waals surface area contributed by atoms with E-state index in [0.717, 1.165) is 55.4 Å². The van der Waals surface area contributed by atoms with Crippen LogP contribution in [0.2, 0.25) is 0 Å². The molecule has 0 unspecified atom stereocenters. The number of nitrogens with zero attached hydrogens (tertiary/aromatic N) is 1. The molecule has 0 radical (unpaired) electrons. The van der Waals surface area contributed by atoms with Gasteiger partial charge in [0.15, 0.2) is 5.11 Å². The molecule has 1 aromatic rings. The Morgan fingerprint density at radius 2 is 1.88 bits per heavy atom. The number of likely N-dealkylation sites (tertiary alicyclic amines) is 1. The summed E-state index contributed by atoms with van der Waals surface area (Å²) in [5.41, 5.74) is 0.953. The summed E-state index contributed by atoms with van der Waals surface area (Å²) >= 11 is 5.53. The number of piperidine rings is 1. The topological polar surface area (TPSA) is 53.6 Å². The summed E-state index contributed by atoms with van der Waals surface area (Å²) in [6, 6.07) is 7.80. The maximum Gasteiger partial charge on any atom is 0.223 e. The number of carbonyl (C=O) groups is 1. The predicted octanol–water partition coefficient (Wildman–Crippen LogP) is 3.80. The molecule has 0 aromatic heterocycles. The molecule has 1 aliphatic heterocycles. The quantitative estimate of drug-likeness (QED) is 0.533.